The summed E-state index contributed by atoms with van der Waals surface area (Å²) in [6.45, 7) is 1.40. The molecule has 3 aromatic rings. The van der Waals surface area contributed by atoms with Gasteiger partial charge in [-0.15, -0.1) is 0 Å². The Hall–Kier alpha value is -2.62. The molecule has 3 nitrogen and oxygen atoms in total. The van der Waals surface area contributed by atoms with E-state index in [0.717, 1.165) is 24.3 Å². The van der Waals surface area contributed by atoms with Crippen LogP contribution in [0, 0.1) is 0 Å². The molecule has 134 valence electrons. The molecule has 26 heavy (non-hydrogen) atoms. The van der Waals surface area contributed by atoms with Gasteiger partial charge in [0.2, 0.25) is 0 Å². The summed E-state index contributed by atoms with van der Waals surface area (Å²) in [5.41, 5.74) is 4.61. The van der Waals surface area contributed by atoms with Gasteiger partial charge in [0.05, 0.1) is 13.2 Å². The van der Waals surface area contributed by atoms with E-state index >= 15 is 0 Å². The summed E-state index contributed by atoms with van der Waals surface area (Å²) < 4.78 is 5.20. The van der Waals surface area contributed by atoms with Gasteiger partial charge in [-0.05, 0) is 47.4 Å². The van der Waals surface area contributed by atoms with Crippen molar-refractivity contribution in [2.45, 2.75) is 12.5 Å². The van der Waals surface area contributed by atoms with Gasteiger partial charge in [0.25, 0.3) is 0 Å². The Kier molecular flexibility index (Phi) is 6.42. The molecule has 0 saturated carbocycles. The highest BCUT2D eigenvalue weighted by molar-refractivity contribution is 5.64. The van der Waals surface area contributed by atoms with Crippen LogP contribution in [0.4, 0.5) is 0 Å². The minimum absolute atomic E-state index is 0.464. The second-order valence-electron chi connectivity index (χ2n) is 6.31. The van der Waals surface area contributed by atoms with Crippen LogP contribution in [0.3, 0.4) is 0 Å². The number of aliphatic hydroxyl groups is 1. The van der Waals surface area contributed by atoms with Crippen molar-refractivity contribution in [2.75, 3.05) is 20.2 Å². The highest BCUT2D eigenvalue weighted by atomic mass is 16.5. The third-order valence-electron chi connectivity index (χ3n) is 4.49. The number of methoxy groups -OCH3 is 1. The van der Waals surface area contributed by atoms with E-state index in [1.54, 1.807) is 7.11 Å². The van der Waals surface area contributed by atoms with Crippen LogP contribution in [0.25, 0.3) is 11.1 Å². The van der Waals surface area contributed by atoms with E-state index < -0.39 is 6.10 Å². The fraction of sp³-hybridized carbons (Fsp3) is 0.217. The van der Waals surface area contributed by atoms with Crippen molar-refractivity contribution < 1.29 is 9.84 Å². The lowest BCUT2D eigenvalue weighted by Gasteiger charge is -2.12. The van der Waals surface area contributed by atoms with Gasteiger partial charge in [0.1, 0.15) is 5.75 Å². The summed E-state index contributed by atoms with van der Waals surface area (Å²) in [5, 5.41) is 13.5. The van der Waals surface area contributed by atoms with Gasteiger partial charge < -0.3 is 15.2 Å². The Bertz CT molecular complexity index is 783. The van der Waals surface area contributed by atoms with Crippen molar-refractivity contribution in [3.8, 4) is 16.9 Å². The van der Waals surface area contributed by atoms with E-state index in [1.807, 2.05) is 42.5 Å². The predicted molar refractivity (Wildman–Crippen MR) is 106 cm³/mol. The maximum absolute atomic E-state index is 10.1. The first-order valence-corrected chi connectivity index (χ1v) is 8.93. The predicted octanol–water partition coefficient (Wildman–Crippen LogP) is 4.23. The van der Waals surface area contributed by atoms with Crippen LogP contribution in [0.5, 0.6) is 5.75 Å². The van der Waals surface area contributed by atoms with E-state index in [9.17, 15) is 5.11 Å². The monoisotopic (exact) mass is 347 g/mol. The van der Waals surface area contributed by atoms with E-state index in [1.165, 1.54) is 16.7 Å². The Morgan fingerprint density at radius 1 is 0.846 bits per heavy atom. The van der Waals surface area contributed by atoms with Gasteiger partial charge in [-0.25, -0.2) is 0 Å². The molecule has 0 aromatic heterocycles. The van der Waals surface area contributed by atoms with E-state index in [0.29, 0.717) is 6.54 Å². The molecule has 3 aromatic carbocycles. The van der Waals surface area contributed by atoms with Crippen molar-refractivity contribution in [3.05, 3.63) is 90.0 Å². The maximum atomic E-state index is 10.1. The van der Waals surface area contributed by atoms with Gasteiger partial charge in [0.15, 0.2) is 0 Å². The number of hydrogen-bond donors (Lipinski definition) is 2. The first kappa shape index (κ1) is 18.2. The van der Waals surface area contributed by atoms with Crippen LogP contribution in [0.15, 0.2) is 78.9 Å². The average Bonchev–Trinajstić information content (AvgIpc) is 2.72. The van der Waals surface area contributed by atoms with Crippen molar-refractivity contribution >= 4 is 0 Å². The minimum Gasteiger partial charge on any atom is -0.497 e. The second-order valence-corrected chi connectivity index (χ2v) is 6.31. The van der Waals surface area contributed by atoms with Crippen molar-refractivity contribution in [2.24, 2.45) is 0 Å². The largest absolute Gasteiger partial charge is 0.497 e. The fourth-order valence-electron chi connectivity index (χ4n) is 2.91. The zero-order valence-electron chi connectivity index (χ0n) is 15.1. The van der Waals surface area contributed by atoms with E-state index in [-0.39, 0.29) is 0 Å². The number of rotatable bonds is 8. The van der Waals surface area contributed by atoms with Gasteiger partial charge >= 0.3 is 0 Å². The van der Waals surface area contributed by atoms with Crippen LogP contribution in [-0.2, 0) is 6.42 Å². The molecule has 0 aliphatic heterocycles. The fourth-order valence-corrected chi connectivity index (χ4v) is 2.91. The summed E-state index contributed by atoms with van der Waals surface area (Å²) in [6.07, 6.45) is 0.471. The van der Waals surface area contributed by atoms with Crippen LogP contribution in [0.2, 0.25) is 0 Å². The molecule has 0 saturated heterocycles. The number of hydrogen-bond acceptors (Lipinski definition) is 3. The summed E-state index contributed by atoms with van der Waals surface area (Å²) in [6, 6.07) is 26.5. The molecule has 0 aliphatic carbocycles. The van der Waals surface area contributed by atoms with E-state index in [2.05, 4.69) is 41.7 Å². The first-order chi connectivity index (χ1) is 12.8. The third kappa shape index (κ3) is 4.94. The molecule has 0 aliphatic rings. The zero-order valence-corrected chi connectivity index (χ0v) is 15.1. The Balaban J connectivity index is 1.47. The van der Waals surface area contributed by atoms with Crippen LogP contribution < -0.4 is 10.1 Å². The second kappa shape index (κ2) is 9.18. The zero-order chi connectivity index (χ0) is 18.2. The highest BCUT2D eigenvalue weighted by Crippen LogP contribution is 2.22. The molecule has 0 amide bonds. The lowest BCUT2D eigenvalue weighted by molar-refractivity contribution is 0.175. The first-order valence-electron chi connectivity index (χ1n) is 8.93. The number of nitrogens with one attached hydrogen (secondary N) is 1. The SMILES string of the molecule is COc1ccc(-c2ccc(CCNCC(O)c3ccccc3)cc2)cc1. The lowest BCUT2D eigenvalue weighted by Crippen LogP contribution is -2.23. The smallest absolute Gasteiger partial charge is 0.118 e. The Morgan fingerprint density at radius 2 is 1.46 bits per heavy atom. The lowest BCUT2D eigenvalue weighted by atomic mass is 10.0. The molecule has 0 radical (unpaired) electrons. The molecule has 3 heteroatoms. The standard InChI is InChI=1S/C23H25NO2/c1-26-22-13-11-20(12-14-22)19-9-7-18(8-10-19)15-16-24-17-23(25)21-5-3-2-4-6-21/h2-14,23-25H,15-17H2,1H3. The molecular weight excluding hydrogens is 322 g/mol. The molecule has 3 rings (SSSR count). The van der Waals surface area contributed by atoms with E-state index in [4.69, 9.17) is 4.74 Å². The quantitative estimate of drug-likeness (QED) is 0.599. The van der Waals surface area contributed by atoms with Gasteiger partial charge in [0, 0.05) is 6.54 Å². The number of aliphatic hydroxyl groups excluding tert-OH is 1. The molecule has 2 N–H and O–H groups in total. The maximum Gasteiger partial charge on any atom is 0.118 e. The minimum atomic E-state index is -0.464. The molecule has 1 atom stereocenters. The van der Waals surface area contributed by atoms with Gasteiger partial charge in [-0.2, -0.15) is 0 Å². The van der Waals surface area contributed by atoms with Gasteiger partial charge in [-0.3, -0.25) is 0 Å². The normalized spacial score (nSPS) is 11.9. The van der Waals surface area contributed by atoms with Crippen molar-refractivity contribution in [1.82, 2.24) is 5.32 Å². The van der Waals surface area contributed by atoms with Crippen LogP contribution >= 0.6 is 0 Å². The van der Waals surface area contributed by atoms with Crippen LogP contribution in [-0.4, -0.2) is 25.3 Å². The number of benzene rings is 3. The molecule has 0 fully saturated rings. The number of ether oxygens (including phenoxy) is 1. The Morgan fingerprint density at radius 3 is 2.08 bits per heavy atom. The molecule has 1 unspecified atom stereocenters. The van der Waals surface area contributed by atoms with Crippen molar-refractivity contribution in [1.29, 1.82) is 0 Å². The summed E-state index contributed by atoms with van der Waals surface area (Å²) in [5.74, 6) is 0.870. The third-order valence-corrected chi connectivity index (χ3v) is 4.49. The molecule has 0 spiro atoms. The summed E-state index contributed by atoms with van der Waals surface area (Å²) in [4.78, 5) is 0. The highest BCUT2D eigenvalue weighted by Gasteiger charge is 2.05. The van der Waals surface area contributed by atoms with Crippen LogP contribution in [0.1, 0.15) is 17.2 Å². The van der Waals surface area contributed by atoms with Crippen molar-refractivity contribution in [3.63, 3.8) is 0 Å². The molecular formula is C23H25NO2. The molecule has 0 heterocycles. The topological polar surface area (TPSA) is 41.5 Å². The molecule has 0 bridgehead atoms. The van der Waals surface area contributed by atoms with Gasteiger partial charge in [-0.1, -0.05) is 66.7 Å². The summed E-state index contributed by atoms with van der Waals surface area (Å²) in [7, 11) is 1.68. The average molecular weight is 347 g/mol. The summed E-state index contributed by atoms with van der Waals surface area (Å²) >= 11 is 0. The Labute approximate surface area is 155 Å².